The lowest BCUT2D eigenvalue weighted by atomic mass is 9.76. The van der Waals surface area contributed by atoms with Crippen molar-refractivity contribution in [1.82, 2.24) is 5.32 Å². The molecule has 2 N–H and O–H groups in total. The summed E-state index contributed by atoms with van der Waals surface area (Å²) < 4.78 is 0. The number of hydrogen-bond acceptors (Lipinski definition) is 2. The van der Waals surface area contributed by atoms with Crippen molar-refractivity contribution in [2.45, 2.75) is 51.0 Å². The molecule has 0 aromatic rings. The van der Waals surface area contributed by atoms with Crippen molar-refractivity contribution in [3.63, 3.8) is 0 Å². The van der Waals surface area contributed by atoms with E-state index in [1.165, 1.54) is 25.7 Å². The Hall–Kier alpha value is -0.570. The molecule has 2 unspecified atom stereocenters. The molecule has 1 aliphatic carbocycles. The lowest BCUT2D eigenvalue weighted by Crippen LogP contribution is -2.55. The maximum absolute atomic E-state index is 11.2. The van der Waals surface area contributed by atoms with Gasteiger partial charge in [0, 0.05) is 0 Å². The molecule has 0 amide bonds. The molecule has 2 atom stereocenters. The van der Waals surface area contributed by atoms with Gasteiger partial charge in [0.1, 0.15) is 5.54 Å². The Kier molecular flexibility index (Phi) is 3.01. The number of nitrogens with one attached hydrogen (secondary N) is 1. The third-order valence-electron chi connectivity index (χ3n) is 4.24. The SMILES string of the molecule is CC1(C(=O)O)CC(C2CCCC2)CCN1. The zero-order valence-corrected chi connectivity index (χ0v) is 9.46. The number of carbonyl (C=O) groups is 1. The van der Waals surface area contributed by atoms with Crippen molar-refractivity contribution in [2.24, 2.45) is 11.8 Å². The summed E-state index contributed by atoms with van der Waals surface area (Å²) in [6.45, 7) is 2.69. The van der Waals surface area contributed by atoms with E-state index in [9.17, 15) is 9.90 Å². The molecular formula is C12H21NO2. The van der Waals surface area contributed by atoms with E-state index >= 15 is 0 Å². The number of carboxylic acids is 1. The standard InChI is InChI=1S/C12H21NO2/c1-12(11(14)15)8-10(6-7-13-12)9-4-2-3-5-9/h9-10,13H,2-8H2,1H3,(H,14,15). The number of piperidine rings is 1. The summed E-state index contributed by atoms with van der Waals surface area (Å²) >= 11 is 0. The van der Waals surface area contributed by atoms with Gasteiger partial charge in [0.05, 0.1) is 0 Å². The molecule has 1 heterocycles. The highest BCUT2D eigenvalue weighted by atomic mass is 16.4. The highest BCUT2D eigenvalue weighted by Crippen LogP contribution is 2.39. The topological polar surface area (TPSA) is 49.3 Å². The molecule has 1 saturated heterocycles. The van der Waals surface area contributed by atoms with Crippen LogP contribution < -0.4 is 5.32 Å². The molecule has 1 saturated carbocycles. The second-order valence-corrected chi connectivity index (χ2v) is 5.36. The zero-order chi connectivity index (χ0) is 10.9. The van der Waals surface area contributed by atoms with Crippen molar-refractivity contribution in [2.75, 3.05) is 6.54 Å². The maximum Gasteiger partial charge on any atom is 0.323 e. The molecule has 0 aromatic heterocycles. The Bertz CT molecular complexity index is 248. The number of rotatable bonds is 2. The summed E-state index contributed by atoms with van der Waals surface area (Å²) in [7, 11) is 0. The van der Waals surface area contributed by atoms with Crippen LogP contribution in [0.1, 0.15) is 45.4 Å². The fourth-order valence-electron chi connectivity index (χ4n) is 3.23. The Labute approximate surface area is 91.2 Å². The van der Waals surface area contributed by atoms with E-state index in [0.717, 1.165) is 25.3 Å². The summed E-state index contributed by atoms with van der Waals surface area (Å²) in [6, 6.07) is 0. The molecule has 0 radical (unpaired) electrons. The lowest BCUT2D eigenvalue weighted by molar-refractivity contribution is -0.146. The first kappa shape index (κ1) is 10.9. The predicted octanol–water partition coefficient (Wildman–Crippen LogP) is 2.02. The summed E-state index contributed by atoms with van der Waals surface area (Å²) in [4.78, 5) is 11.2. The Morgan fingerprint density at radius 3 is 2.53 bits per heavy atom. The van der Waals surface area contributed by atoms with Crippen LogP contribution in [0.25, 0.3) is 0 Å². The molecule has 0 spiro atoms. The highest BCUT2D eigenvalue weighted by molar-refractivity contribution is 5.78. The molecule has 15 heavy (non-hydrogen) atoms. The molecule has 0 bridgehead atoms. The van der Waals surface area contributed by atoms with Gasteiger partial charge in [-0.1, -0.05) is 25.7 Å². The lowest BCUT2D eigenvalue weighted by Gasteiger charge is -2.38. The van der Waals surface area contributed by atoms with Crippen LogP contribution in [0.3, 0.4) is 0 Å². The maximum atomic E-state index is 11.2. The van der Waals surface area contributed by atoms with Gasteiger partial charge in [0.25, 0.3) is 0 Å². The smallest absolute Gasteiger partial charge is 0.323 e. The molecule has 0 aromatic carbocycles. The second-order valence-electron chi connectivity index (χ2n) is 5.36. The van der Waals surface area contributed by atoms with E-state index in [-0.39, 0.29) is 0 Å². The summed E-state index contributed by atoms with van der Waals surface area (Å²) in [6.07, 6.45) is 7.30. The summed E-state index contributed by atoms with van der Waals surface area (Å²) in [5, 5.41) is 12.3. The van der Waals surface area contributed by atoms with Crippen LogP contribution >= 0.6 is 0 Å². The fraction of sp³-hybridized carbons (Fsp3) is 0.917. The monoisotopic (exact) mass is 211 g/mol. The number of hydrogen-bond donors (Lipinski definition) is 2. The van der Waals surface area contributed by atoms with Crippen LogP contribution in [0, 0.1) is 11.8 Å². The molecule has 2 fully saturated rings. The molecule has 2 aliphatic rings. The zero-order valence-electron chi connectivity index (χ0n) is 9.46. The van der Waals surface area contributed by atoms with Crippen LogP contribution in [0.4, 0.5) is 0 Å². The van der Waals surface area contributed by atoms with E-state index in [1.807, 2.05) is 6.92 Å². The van der Waals surface area contributed by atoms with Crippen LogP contribution in [-0.2, 0) is 4.79 Å². The van der Waals surface area contributed by atoms with E-state index in [0.29, 0.717) is 5.92 Å². The number of carboxylic acid groups (broad SMARTS) is 1. The van der Waals surface area contributed by atoms with E-state index in [1.54, 1.807) is 0 Å². The van der Waals surface area contributed by atoms with Crippen LogP contribution in [-0.4, -0.2) is 23.2 Å². The van der Waals surface area contributed by atoms with Gasteiger partial charge in [-0.15, -0.1) is 0 Å². The van der Waals surface area contributed by atoms with Gasteiger partial charge in [-0.2, -0.15) is 0 Å². The second kappa shape index (κ2) is 4.12. The minimum atomic E-state index is -0.690. The van der Waals surface area contributed by atoms with E-state index < -0.39 is 11.5 Å². The molecule has 3 heteroatoms. The van der Waals surface area contributed by atoms with Gasteiger partial charge in [0.15, 0.2) is 0 Å². The first-order valence-corrected chi connectivity index (χ1v) is 6.10. The first-order valence-electron chi connectivity index (χ1n) is 6.10. The highest BCUT2D eigenvalue weighted by Gasteiger charge is 2.41. The largest absolute Gasteiger partial charge is 0.480 e. The van der Waals surface area contributed by atoms with E-state index in [4.69, 9.17) is 0 Å². The van der Waals surface area contributed by atoms with Crippen LogP contribution in [0.5, 0.6) is 0 Å². The van der Waals surface area contributed by atoms with Gasteiger partial charge in [-0.3, -0.25) is 4.79 Å². The first-order chi connectivity index (χ1) is 7.12. The van der Waals surface area contributed by atoms with Gasteiger partial charge >= 0.3 is 5.97 Å². The van der Waals surface area contributed by atoms with Crippen molar-refractivity contribution in [1.29, 1.82) is 0 Å². The molecule has 2 rings (SSSR count). The molecule has 3 nitrogen and oxygen atoms in total. The predicted molar refractivity (Wildman–Crippen MR) is 58.7 cm³/mol. The van der Waals surface area contributed by atoms with Crippen molar-refractivity contribution >= 4 is 5.97 Å². The Morgan fingerprint density at radius 1 is 1.27 bits per heavy atom. The van der Waals surface area contributed by atoms with Crippen molar-refractivity contribution < 1.29 is 9.90 Å². The Morgan fingerprint density at radius 2 is 1.93 bits per heavy atom. The summed E-state index contributed by atoms with van der Waals surface area (Å²) in [5.41, 5.74) is -0.675. The van der Waals surface area contributed by atoms with E-state index in [2.05, 4.69) is 5.32 Å². The molecule has 1 aliphatic heterocycles. The van der Waals surface area contributed by atoms with Crippen molar-refractivity contribution in [3.05, 3.63) is 0 Å². The van der Waals surface area contributed by atoms with Crippen LogP contribution in [0.15, 0.2) is 0 Å². The third kappa shape index (κ3) is 2.17. The van der Waals surface area contributed by atoms with Crippen molar-refractivity contribution in [3.8, 4) is 0 Å². The normalized spacial score (nSPS) is 38.1. The third-order valence-corrected chi connectivity index (χ3v) is 4.24. The minimum Gasteiger partial charge on any atom is -0.480 e. The average molecular weight is 211 g/mol. The average Bonchev–Trinajstić information content (AvgIpc) is 2.70. The molecular weight excluding hydrogens is 190 g/mol. The summed E-state index contributed by atoms with van der Waals surface area (Å²) in [5.74, 6) is 0.742. The van der Waals surface area contributed by atoms with Crippen LogP contribution in [0.2, 0.25) is 0 Å². The minimum absolute atomic E-state index is 0.634. The fourth-order valence-corrected chi connectivity index (χ4v) is 3.23. The van der Waals surface area contributed by atoms with Gasteiger partial charge in [0.2, 0.25) is 0 Å². The number of aliphatic carboxylic acids is 1. The van der Waals surface area contributed by atoms with Gasteiger partial charge in [-0.05, 0) is 38.1 Å². The quantitative estimate of drug-likeness (QED) is 0.734. The van der Waals surface area contributed by atoms with Gasteiger partial charge in [-0.25, -0.2) is 0 Å². The van der Waals surface area contributed by atoms with Gasteiger partial charge < -0.3 is 10.4 Å². The molecule has 86 valence electrons. The Balaban J connectivity index is 2.00.